The van der Waals surface area contributed by atoms with E-state index in [1.165, 1.54) is 31.4 Å². The van der Waals surface area contributed by atoms with Crippen LogP contribution in [0.1, 0.15) is 24.8 Å². The van der Waals surface area contributed by atoms with Crippen LogP contribution < -0.4 is 9.47 Å². The van der Waals surface area contributed by atoms with Crippen LogP contribution >= 0.6 is 0 Å². The number of hydrazine groups is 1. The normalized spacial score (nSPS) is 14.7. The third kappa shape index (κ3) is 5.63. The Morgan fingerprint density at radius 2 is 1.85 bits per heavy atom. The number of hydrogen-bond acceptors (Lipinski definition) is 4. The highest BCUT2D eigenvalue weighted by molar-refractivity contribution is 5.93. The topological polar surface area (TPSA) is 59.1 Å². The average Bonchev–Trinajstić information content (AvgIpc) is 3.13. The van der Waals surface area contributed by atoms with Gasteiger partial charge >= 0.3 is 6.18 Å². The first-order valence-electron chi connectivity index (χ1n) is 8.34. The largest absolute Gasteiger partial charge is 0.497 e. The van der Waals surface area contributed by atoms with Gasteiger partial charge in [0.2, 0.25) is 5.91 Å². The highest BCUT2D eigenvalue weighted by Crippen LogP contribution is 2.26. The Morgan fingerprint density at radius 1 is 1.15 bits per heavy atom. The molecule has 2 amide bonds. The molecule has 0 bridgehead atoms. The maximum atomic E-state index is 12.4. The molecule has 1 aliphatic rings. The van der Waals surface area contributed by atoms with Crippen LogP contribution in [-0.2, 0) is 9.59 Å². The van der Waals surface area contributed by atoms with E-state index in [2.05, 4.69) is 0 Å². The van der Waals surface area contributed by atoms with E-state index in [0.29, 0.717) is 23.5 Å². The molecule has 27 heavy (non-hydrogen) atoms. The molecule has 0 spiro atoms. The van der Waals surface area contributed by atoms with Gasteiger partial charge in [-0.05, 0) is 30.7 Å². The highest BCUT2D eigenvalue weighted by Gasteiger charge is 2.33. The van der Waals surface area contributed by atoms with Crippen LogP contribution in [0.3, 0.4) is 0 Å². The molecule has 0 unspecified atom stereocenters. The lowest BCUT2D eigenvalue weighted by atomic mass is 10.1. The van der Waals surface area contributed by atoms with Gasteiger partial charge in [0.25, 0.3) is 5.91 Å². The molecule has 1 aliphatic heterocycles. The molecule has 0 aliphatic carbocycles. The molecule has 0 aromatic heterocycles. The second kappa shape index (κ2) is 8.79. The zero-order valence-corrected chi connectivity index (χ0v) is 15.1. The van der Waals surface area contributed by atoms with Crippen molar-refractivity contribution in [2.45, 2.75) is 25.4 Å². The monoisotopic (exact) mass is 386 g/mol. The van der Waals surface area contributed by atoms with Gasteiger partial charge in [0, 0.05) is 31.1 Å². The van der Waals surface area contributed by atoms with E-state index in [4.69, 9.17) is 9.47 Å². The van der Waals surface area contributed by atoms with Gasteiger partial charge in [-0.25, -0.2) is 5.01 Å². The quantitative estimate of drug-likeness (QED) is 0.706. The van der Waals surface area contributed by atoms with Crippen molar-refractivity contribution in [2.24, 2.45) is 0 Å². The van der Waals surface area contributed by atoms with Crippen molar-refractivity contribution in [3.05, 3.63) is 29.8 Å². The summed E-state index contributed by atoms with van der Waals surface area (Å²) in [5.41, 5.74) is 0.597. The second-order valence-corrected chi connectivity index (χ2v) is 5.89. The Labute approximate surface area is 155 Å². The van der Waals surface area contributed by atoms with E-state index < -0.39 is 30.8 Å². The maximum Gasteiger partial charge on any atom is 0.389 e. The third-order valence-corrected chi connectivity index (χ3v) is 4.04. The number of carbonyl (C=O) groups excluding carboxylic acids is 2. The molecule has 0 saturated carbocycles. The van der Waals surface area contributed by atoms with E-state index in [-0.39, 0.29) is 13.1 Å². The smallest absolute Gasteiger partial charge is 0.389 e. The van der Waals surface area contributed by atoms with Crippen molar-refractivity contribution in [3.8, 4) is 11.5 Å². The number of amides is 2. The number of alkyl halides is 3. The lowest BCUT2D eigenvalue weighted by Crippen LogP contribution is -2.44. The molecular formula is C18H21F3N2O4. The van der Waals surface area contributed by atoms with Gasteiger partial charge in [0.1, 0.15) is 11.5 Å². The molecule has 6 nitrogen and oxygen atoms in total. The summed E-state index contributed by atoms with van der Waals surface area (Å²) >= 11 is 0. The fourth-order valence-corrected chi connectivity index (χ4v) is 2.69. The summed E-state index contributed by atoms with van der Waals surface area (Å²) in [6.07, 6.45) is -3.01. The van der Waals surface area contributed by atoms with Crippen LogP contribution in [0.25, 0.3) is 6.08 Å². The van der Waals surface area contributed by atoms with Crippen LogP contribution in [0.15, 0.2) is 24.3 Å². The molecule has 148 valence electrons. The van der Waals surface area contributed by atoms with E-state index >= 15 is 0 Å². The van der Waals surface area contributed by atoms with Crippen LogP contribution in [0, 0.1) is 0 Å². The summed E-state index contributed by atoms with van der Waals surface area (Å²) in [5, 5.41) is 2.25. The van der Waals surface area contributed by atoms with E-state index in [1.807, 2.05) is 0 Å². The number of rotatable bonds is 6. The van der Waals surface area contributed by atoms with Crippen LogP contribution in [0.2, 0.25) is 0 Å². The van der Waals surface area contributed by atoms with E-state index in [9.17, 15) is 22.8 Å². The van der Waals surface area contributed by atoms with E-state index in [0.717, 1.165) is 5.01 Å². The first-order valence-corrected chi connectivity index (χ1v) is 8.34. The number of carbonyl (C=O) groups is 2. The number of nitrogens with zero attached hydrogens (tertiary/aromatic N) is 2. The highest BCUT2D eigenvalue weighted by atomic mass is 19.4. The number of halogens is 3. The van der Waals surface area contributed by atoms with Crippen LogP contribution in [0.4, 0.5) is 13.2 Å². The van der Waals surface area contributed by atoms with Crippen molar-refractivity contribution in [1.29, 1.82) is 0 Å². The zero-order valence-electron chi connectivity index (χ0n) is 15.1. The number of ether oxygens (including phenoxy) is 2. The van der Waals surface area contributed by atoms with Crippen molar-refractivity contribution in [2.75, 3.05) is 27.3 Å². The maximum absolute atomic E-state index is 12.4. The Balaban J connectivity index is 2.08. The van der Waals surface area contributed by atoms with Gasteiger partial charge in [-0.15, -0.1) is 0 Å². The fraction of sp³-hybridized carbons (Fsp3) is 0.444. The van der Waals surface area contributed by atoms with E-state index in [1.54, 1.807) is 18.2 Å². The molecule has 2 rings (SSSR count). The summed E-state index contributed by atoms with van der Waals surface area (Å²) in [4.78, 5) is 24.5. The van der Waals surface area contributed by atoms with Crippen molar-refractivity contribution in [3.63, 3.8) is 0 Å². The molecule has 1 aromatic carbocycles. The second-order valence-electron chi connectivity index (χ2n) is 5.89. The Bertz CT molecular complexity index is 719. The number of hydrogen-bond donors (Lipinski definition) is 0. The van der Waals surface area contributed by atoms with Crippen molar-refractivity contribution < 1.29 is 32.2 Å². The minimum absolute atomic E-state index is 0.221. The predicted molar refractivity (Wildman–Crippen MR) is 91.9 cm³/mol. The lowest BCUT2D eigenvalue weighted by Gasteiger charge is -2.27. The zero-order chi connectivity index (χ0) is 20.0. The first kappa shape index (κ1) is 20.6. The minimum atomic E-state index is -4.41. The van der Waals surface area contributed by atoms with Gasteiger partial charge in [0.05, 0.1) is 20.6 Å². The first-order chi connectivity index (χ1) is 12.7. The molecule has 9 heteroatoms. The summed E-state index contributed by atoms with van der Waals surface area (Å²) in [6, 6.07) is 5.07. The fourth-order valence-electron chi connectivity index (χ4n) is 2.69. The molecule has 1 aromatic rings. The van der Waals surface area contributed by atoms with Gasteiger partial charge < -0.3 is 9.47 Å². The predicted octanol–water partition coefficient (Wildman–Crippen LogP) is 3.04. The molecule has 1 fully saturated rings. The van der Waals surface area contributed by atoms with Gasteiger partial charge in [0.15, 0.2) is 0 Å². The SMILES string of the molecule is COc1ccc(OC)c(/C=C/C(=O)N2CCCN2C(=O)CCC(F)(F)F)c1. The van der Waals surface area contributed by atoms with Gasteiger partial charge in [-0.1, -0.05) is 0 Å². The summed E-state index contributed by atoms with van der Waals surface area (Å²) in [7, 11) is 3.00. The Morgan fingerprint density at radius 3 is 2.48 bits per heavy atom. The lowest BCUT2D eigenvalue weighted by molar-refractivity contribution is -0.161. The molecular weight excluding hydrogens is 365 g/mol. The van der Waals surface area contributed by atoms with Crippen LogP contribution in [-0.4, -0.2) is 55.3 Å². The molecule has 0 N–H and O–H groups in total. The number of benzene rings is 1. The standard InChI is InChI=1S/C18H21F3N2O4/c1-26-14-5-6-15(27-2)13(12-14)4-7-16(24)22-10-3-11-23(22)17(25)8-9-18(19,20)21/h4-7,12H,3,8-11H2,1-2H3/b7-4+. The Kier molecular flexibility index (Phi) is 6.70. The molecule has 0 atom stereocenters. The molecule has 1 saturated heterocycles. The van der Waals surface area contributed by atoms with Crippen molar-refractivity contribution in [1.82, 2.24) is 10.0 Å². The summed E-state index contributed by atoms with van der Waals surface area (Å²) in [5.74, 6) is -0.101. The summed E-state index contributed by atoms with van der Waals surface area (Å²) < 4.78 is 47.3. The van der Waals surface area contributed by atoms with Gasteiger partial charge in [-0.2, -0.15) is 13.2 Å². The van der Waals surface area contributed by atoms with Crippen molar-refractivity contribution >= 4 is 17.9 Å². The number of methoxy groups -OCH3 is 2. The molecule has 1 heterocycles. The third-order valence-electron chi connectivity index (χ3n) is 4.04. The summed E-state index contributed by atoms with van der Waals surface area (Å²) in [6.45, 7) is 0.495. The van der Waals surface area contributed by atoms with Gasteiger partial charge in [-0.3, -0.25) is 14.6 Å². The minimum Gasteiger partial charge on any atom is -0.497 e. The Hall–Kier alpha value is -2.71. The van der Waals surface area contributed by atoms with Crippen LogP contribution in [0.5, 0.6) is 11.5 Å². The average molecular weight is 386 g/mol. The molecule has 0 radical (unpaired) electrons.